The summed E-state index contributed by atoms with van der Waals surface area (Å²) in [6.07, 6.45) is 0. The van der Waals surface area contributed by atoms with Gasteiger partial charge in [0.15, 0.2) is 0 Å². The van der Waals surface area contributed by atoms with Crippen molar-refractivity contribution in [1.29, 1.82) is 0 Å². The molecule has 1 atom stereocenters. The lowest BCUT2D eigenvalue weighted by Gasteiger charge is -2.15. The van der Waals surface area contributed by atoms with E-state index < -0.39 is 17.7 Å². The van der Waals surface area contributed by atoms with Crippen LogP contribution in [0.15, 0.2) is 34.1 Å². The molecule has 0 aliphatic heterocycles. The van der Waals surface area contributed by atoms with Gasteiger partial charge in [-0.3, -0.25) is 4.79 Å². The Morgan fingerprint density at radius 1 is 1.32 bits per heavy atom. The van der Waals surface area contributed by atoms with E-state index in [-0.39, 0.29) is 11.5 Å². The predicted octanol–water partition coefficient (Wildman–Crippen LogP) is 4.28. The van der Waals surface area contributed by atoms with Gasteiger partial charge in [0.1, 0.15) is 16.5 Å². The molecule has 0 saturated carbocycles. The molecule has 0 fully saturated rings. The summed E-state index contributed by atoms with van der Waals surface area (Å²) < 4.78 is 27.8. The molecule has 6 heteroatoms. The van der Waals surface area contributed by atoms with E-state index in [4.69, 9.17) is 0 Å². The summed E-state index contributed by atoms with van der Waals surface area (Å²) in [5, 5.41) is 4.34. The smallest absolute Gasteiger partial charge is 0.262 e. The van der Waals surface area contributed by atoms with Gasteiger partial charge in [-0.05, 0) is 46.4 Å². The third-order valence-corrected chi connectivity index (χ3v) is 4.44. The summed E-state index contributed by atoms with van der Waals surface area (Å²) in [4.78, 5) is 12.4. The molecule has 0 aliphatic rings. The molecule has 0 saturated heterocycles. The van der Waals surface area contributed by atoms with Gasteiger partial charge >= 0.3 is 0 Å². The van der Waals surface area contributed by atoms with Crippen LogP contribution in [0.25, 0.3) is 0 Å². The maximum absolute atomic E-state index is 13.6. The van der Waals surface area contributed by atoms with Crippen molar-refractivity contribution in [2.24, 2.45) is 0 Å². The fourth-order valence-corrected chi connectivity index (χ4v) is 3.17. The van der Waals surface area contributed by atoms with Crippen molar-refractivity contribution < 1.29 is 13.6 Å². The van der Waals surface area contributed by atoms with Crippen LogP contribution in [0.5, 0.6) is 0 Å². The van der Waals surface area contributed by atoms with Gasteiger partial charge in [-0.2, -0.15) is 0 Å². The minimum Gasteiger partial charge on any atom is -0.345 e. The first-order chi connectivity index (χ1) is 9.00. The second-order valence-corrected chi connectivity index (χ2v) is 5.70. The van der Waals surface area contributed by atoms with Crippen molar-refractivity contribution in [2.45, 2.75) is 13.0 Å². The average Bonchev–Trinajstić information content (AvgIpc) is 2.75. The van der Waals surface area contributed by atoms with Crippen LogP contribution in [0.4, 0.5) is 8.78 Å². The van der Waals surface area contributed by atoms with E-state index in [1.165, 1.54) is 29.5 Å². The third kappa shape index (κ3) is 3.01. The molecule has 1 heterocycles. The second kappa shape index (κ2) is 5.79. The predicted molar refractivity (Wildman–Crippen MR) is 74.3 cm³/mol. The summed E-state index contributed by atoms with van der Waals surface area (Å²) in [5.41, 5.74) is -0.136. The molecule has 2 nitrogen and oxygen atoms in total. The minimum atomic E-state index is -0.748. The Kier molecular flexibility index (Phi) is 4.31. The van der Waals surface area contributed by atoms with Gasteiger partial charge in [0, 0.05) is 10.0 Å². The average molecular weight is 346 g/mol. The first-order valence-electron chi connectivity index (χ1n) is 5.48. The number of hydrogen-bond donors (Lipinski definition) is 1. The van der Waals surface area contributed by atoms with E-state index in [2.05, 4.69) is 21.2 Å². The summed E-state index contributed by atoms with van der Waals surface area (Å²) in [6, 6.07) is 4.62. The minimum absolute atomic E-state index is 0.136. The first-order valence-corrected chi connectivity index (χ1v) is 7.15. The molecule has 0 radical (unpaired) electrons. The normalized spacial score (nSPS) is 12.2. The van der Waals surface area contributed by atoms with E-state index in [0.717, 1.165) is 0 Å². The molecule has 0 spiro atoms. The number of rotatable bonds is 3. The van der Waals surface area contributed by atoms with E-state index in [1.807, 2.05) is 0 Å². The standard InChI is InChI=1S/C13H10BrF2NOS/c1-7(11-9(15)3-2-4-10(11)16)17-13(18)12-8(14)5-6-19-12/h2-7H,1H3,(H,17,18). The maximum atomic E-state index is 13.6. The summed E-state index contributed by atoms with van der Waals surface area (Å²) in [6.45, 7) is 1.54. The molecule has 1 unspecified atom stereocenters. The topological polar surface area (TPSA) is 29.1 Å². The molecule has 2 aromatic rings. The molecule has 1 N–H and O–H groups in total. The number of carbonyl (C=O) groups is 1. The van der Waals surface area contributed by atoms with Crippen LogP contribution in [0, 0.1) is 11.6 Å². The van der Waals surface area contributed by atoms with Crippen molar-refractivity contribution in [3.63, 3.8) is 0 Å². The lowest BCUT2D eigenvalue weighted by Crippen LogP contribution is -2.27. The van der Waals surface area contributed by atoms with E-state index in [1.54, 1.807) is 18.4 Å². The Morgan fingerprint density at radius 2 is 1.95 bits per heavy atom. The van der Waals surface area contributed by atoms with E-state index in [9.17, 15) is 13.6 Å². The van der Waals surface area contributed by atoms with Crippen molar-refractivity contribution in [2.75, 3.05) is 0 Å². The van der Waals surface area contributed by atoms with Gasteiger partial charge in [-0.1, -0.05) is 6.07 Å². The Labute approximate surface area is 121 Å². The Morgan fingerprint density at radius 3 is 2.47 bits per heavy atom. The van der Waals surface area contributed by atoms with Gasteiger partial charge in [0.05, 0.1) is 6.04 Å². The number of halogens is 3. The molecule has 1 aromatic heterocycles. The monoisotopic (exact) mass is 345 g/mol. The van der Waals surface area contributed by atoms with Gasteiger partial charge in [0.2, 0.25) is 0 Å². The van der Waals surface area contributed by atoms with Crippen molar-refractivity contribution >= 4 is 33.2 Å². The van der Waals surface area contributed by atoms with Crippen molar-refractivity contribution in [3.05, 3.63) is 56.2 Å². The summed E-state index contributed by atoms with van der Waals surface area (Å²) >= 11 is 4.50. The van der Waals surface area contributed by atoms with Crippen molar-refractivity contribution in [3.8, 4) is 0 Å². The van der Waals surface area contributed by atoms with Crippen LogP contribution < -0.4 is 5.32 Å². The number of benzene rings is 1. The molecular formula is C13H10BrF2NOS. The zero-order valence-electron chi connectivity index (χ0n) is 9.91. The summed E-state index contributed by atoms with van der Waals surface area (Å²) in [7, 11) is 0. The Balaban J connectivity index is 2.20. The first kappa shape index (κ1) is 14.1. The fraction of sp³-hybridized carbons (Fsp3) is 0.154. The maximum Gasteiger partial charge on any atom is 0.262 e. The quantitative estimate of drug-likeness (QED) is 0.883. The van der Waals surface area contributed by atoms with Crippen LogP contribution in [-0.4, -0.2) is 5.91 Å². The third-order valence-electron chi connectivity index (χ3n) is 2.60. The molecule has 1 aromatic carbocycles. The number of nitrogens with one attached hydrogen (secondary N) is 1. The zero-order chi connectivity index (χ0) is 14.0. The highest BCUT2D eigenvalue weighted by atomic mass is 79.9. The Bertz CT molecular complexity index is 594. The molecule has 0 bridgehead atoms. The van der Waals surface area contributed by atoms with Gasteiger partial charge < -0.3 is 5.32 Å². The second-order valence-electron chi connectivity index (χ2n) is 3.93. The fourth-order valence-electron chi connectivity index (χ4n) is 1.71. The van der Waals surface area contributed by atoms with Crippen LogP contribution in [-0.2, 0) is 0 Å². The molecular weight excluding hydrogens is 336 g/mol. The lowest BCUT2D eigenvalue weighted by molar-refractivity contribution is 0.0942. The number of hydrogen-bond acceptors (Lipinski definition) is 2. The highest BCUT2D eigenvalue weighted by Crippen LogP contribution is 2.25. The highest BCUT2D eigenvalue weighted by Gasteiger charge is 2.20. The summed E-state index contributed by atoms with van der Waals surface area (Å²) in [5.74, 6) is -1.70. The number of thiophene rings is 1. The van der Waals surface area contributed by atoms with Gasteiger partial charge in [-0.25, -0.2) is 8.78 Å². The molecule has 2 rings (SSSR count). The van der Waals surface area contributed by atoms with E-state index in [0.29, 0.717) is 9.35 Å². The van der Waals surface area contributed by atoms with Gasteiger partial charge in [-0.15, -0.1) is 11.3 Å². The van der Waals surface area contributed by atoms with Crippen LogP contribution >= 0.6 is 27.3 Å². The lowest BCUT2D eigenvalue weighted by atomic mass is 10.1. The number of carbonyl (C=O) groups excluding carboxylic acids is 1. The van der Waals surface area contributed by atoms with Crippen molar-refractivity contribution in [1.82, 2.24) is 5.32 Å². The largest absolute Gasteiger partial charge is 0.345 e. The molecule has 1 amide bonds. The molecule has 100 valence electrons. The highest BCUT2D eigenvalue weighted by molar-refractivity contribution is 9.10. The number of amides is 1. The SMILES string of the molecule is CC(NC(=O)c1sccc1Br)c1c(F)cccc1F. The van der Waals surface area contributed by atoms with Crippen LogP contribution in [0.2, 0.25) is 0 Å². The van der Waals surface area contributed by atoms with Gasteiger partial charge in [0.25, 0.3) is 5.91 Å². The van der Waals surface area contributed by atoms with E-state index >= 15 is 0 Å². The van der Waals surface area contributed by atoms with Crippen LogP contribution in [0.3, 0.4) is 0 Å². The molecule has 19 heavy (non-hydrogen) atoms. The zero-order valence-corrected chi connectivity index (χ0v) is 12.3. The molecule has 0 aliphatic carbocycles. The van der Waals surface area contributed by atoms with Crippen LogP contribution in [0.1, 0.15) is 28.2 Å². The Hall–Kier alpha value is -1.27.